The predicted octanol–water partition coefficient (Wildman–Crippen LogP) is 2.27. The van der Waals surface area contributed by atoms with Crippen LogP contribution in [0.3, 0.4) is 0 Å². The fourth-order valence-electron chi connectivity index (χ4n) is 1.48. The maximum absolute atomic E-state index is 11.6. The summed E-state index contributed by atoms with van der Waals surface area (Å²) in [6.45, 7) is 6.51. The minimum Gasteiger partial charge on any atom is -0.353 e. The molecule has 1 rings (SSSR count). The summed E-state index contributed by atoms with van der Waals surface area (Å²) in [5, 5.41) is 4.96. The smallest absolute Gasteiger partial charge is 0.234 e. The van der Waals surface area contributed by atoms with Gasteiger partial charge >= 0.3 is 0 Å². The Kier molecular flexibility index (Phi) is 4.96. The molecule has 0 aromatic carbocycles. The molecular formula is C12H20N2OS. The standard InChI is InChI=1S/C12H20N2OS/c1-9(2)13-12(15)8-14(4)10(3)11-6-5-7-16-11/h5-7,9-10H,8H2,1-4H3,(H,13,15). The normalized spacial score (nSPS) is 13.1. The molecule has 1 aromatic heterocycles. The van der Waals surface area contributed by atoms with Crippen molar-refractivity contribution in [2.75, 3.05) is 13.6 Å². The fraction of sp³-hybridized carbons (Fsp3) is 0.583. The summed E-state index contributed by atoms with van der Waals surface area (Å²) < 4.78 is 0. The summed E-state index contributed by atoms with van der Waals surface area (Å²) in [4.78, 5) is 14.9. The van der Waals surface area contributed by atoms with E-state index in [4.69, 9.17) is 0 Å². The van der Waals surface area contributed by atoms with E-state index in [0.717, 1.165) is 0 Å². The zero-order valence-electron chi connectivity index (χ0n) is 10.4. The number of hydrogen-bond donors (Lipinski definition) is 1. The van der Waals surface area contributed by atoms with E-state index in [1.165, 1.54) is 4.88 Å². The Morgan fingerprint density at radius 1 is 1.50 bits per heavy atom. The number of rotatable bonds is 5. The Morgan fingerprint density at radius 3 is 2.69 bits per heavy atom. The van der Waals surface area contributed by atoms with E-state index in [0.29, 0.717) is 6.54 Å². The highest BCUT2D eigenvalue weighted by Gasteiger charge is 2.15. The lowest BCUT2D eigenvalue weighted by atomic mass is 10.2. The molecule has 0 aliphatic carbocycles. The second-order valence-corrected chi connectivity index (χ2v) is 5.31. The van der Waals surface area contributed by atoms with Crippen LogP contribution in [0.25, 0.3) is 0 Å². The van der Waals surface area contributed by atoms with Crippen molar-refractivity contribution in [2.24, 2.45) is 0 Å². The quantitative estimate of drug-likeness (QED) is 0.856. The first kappa shape index (κ1) is 13.2. The van der Waals surface area contributed by atoms with Crippen LogP contribution in [0.2, 0.25) is 0 Å². The minimum absolute atomic E-state index is 0.0842. The number of nitrogens with zero attached hydrogens (tertiary/aromatic N) is 1. The summed E-state index contributed by atoms with van der Waals surface area (Å²) >= 11 is 1.73. The van der Waals surface area contributed by atoms with Crippen LogP contribution in [-0.4, -0.2) is 30.4 Å². The van der Waals surface area contributed by atoms with Crippen molar-refractivity contribution in [1.29, 1.82) is 0 Å². The summed E-state index contributed by atoms with van der Waals surface area (Å²) in [5.41, 5.74) is 0. The third kappa shape index (κ3) is 3.94. The molecule has 3 nitrogen and oxygen atoms in total. The van der Waals surface area contributed by atoms with Crippen LogP contribution in [0.5, 0.6) is 0 Å². The number of carbonyl (C=O) groups excluding carboxylic acids is 1. The molecule has 0 saturated heterocycles. The maximum atomic E-state index is 11.6. The third-order valence-corrected chi connectivity index (χ3v) is 3.50. The minimum atomic E-state index is 0.0842. The summed E-state index contributed by atoms with van der Waals surface area (Å²) in [6.07, 6.45) is 0. The Morgan fingerprint density at radius 2 is 2.19 bits per heavy atom. The fourth-order valence-corrected chi connectivity index (χ4v) is 2.33. The number of nitrogens with one attached hydrogen (secondary N) is 1. The molecular weight excluding hydrogens is 220 g/mol. The van der Waals surface area contributed by atoms with Gasteiger partial charge in [-0.3, -0.25) is 9.69 Å². The van der Waals surface area contributed by atoms with Gasteiger partial charge in [0.15, 0.2) is 0 Å². The molecule has 1 atom stereocenters. The SMILES string of the molecule is CC(C)NC(=O)CN(C)C(C)c1cccs1. The first-order chi connectivity index (χ1) is 7.50. The van der Waals surface area contributed by atoms with Crippen LogP contribution >= 0.6 is 11.3 Å². The third-order valence-electron chi connectivity index (χ3n) is 2.46. The van der Waals surface area contributed by atoms with Crippen molar-refractivity contribution in [3.63, 3.8) is 0 Å². The molecule has 0 radical (unpaired) electrons. The Hall–Kier alpha value is -0.870. The van der Waals surface area contributed by atoms with Gasteiger partial charge in [0.2, 0.25) is 5.91 Å². The largest absolute Gasteiger partial charge is 0.353 e. The van der Waals surface area contributed by atoms with Gasteiger partial charge in [0.05, 0.1) is 6.54 Å². The number of thiophene rings is 1. The van der Waals surface area contributed by atoms with Gasteiger partial charge in [-0.2, -0.15) is 0 Å². The van der Waals surface area contributed by atoms with E-state index < -0.39 is 0 Å². The van der Waals surface area contributed by atoms with Gasteiger partial charge < -0.3 is 5.32 Å². The van der Waals surface area contributed by atoms with Crippen molar-refractivity contribution in [3.05, 3.63) is 22.4 Å². The van der Waals surface area contributed by atoms with Crippen LogP contribution in [0.4, 0.5) is 0 Å². The lowest BCUT2D eigenvalue weighted by Crippen LogP contribution is -2.39. The predicted molar refractivity (Wildman–Crippen MR) is 68.6 cm³/mol. The molecule has 1 unspecified atom stereocenters. The van der Waals surface area contributed by atoms with Crippen LogP contribution in [0.1, 0.15) is 31.7 Å². The molecule has 0 bridgehead atoms. The zero-order valence-corrected chi connectivity index (χ0v) is 11.2. The molecule has 16 heavy (non-hydrogen) atoms. The molecule has 0 spiro atoms. The van der Waals surface area contributed by atoms with E-state index in [1.54, 1.807) is 11.3 Å². The van der Waals surface area contributed by atoms with E-state index in [1.807, 2.05) is 27.0 Å². The Labute approximate surface area is 101 Å². The van der Waals surface area contributed by atoms with Gasteiger partial charge in [0.25, 0.3) is 0 Å². The highest BCUT2D eigenvalue weighted by Crippen LogP contribution is 2.22. The van der Waals surface area contributed by atoms with Gasteiger partial charge in [-0.1, -0.05) is 6.07 Å². The van der Waals surface area contributed by atoms with Gasteiger partial charge in [-0.15, -0.1) is 11.3 Å². The molecule has 4 heteroatoms. The number of amides is 1. The Balaban J connectivity index is 2.46. The number of carbonyl (C=O) groups is 1. The van der Waals surface area contributed by atoms with Crippen LogP contribution in [0, 0.1) is 0 Å². The molecule has 0 aliphatic rings. The van der Waals surface area contributed by atoms with Crippen molar-refractivity contribution < 1.29 is 4.79 Å². The maximum Gasteiger partial charge on any atom is 0.234 e. The Bertz CT molecular complexity index is 322. The number of likely N-dealkylation sites (N-methyl/N-ethyl adjacent to an activating group) is 1. The summed E-state index contributed by atoms with van der Waals surface area (Å²) in [5.74, 6) is 0.0842. The van der Waals surface area contributed by atoms with Crippen molar-refractivity contribution in [2.45, 2.75) is 32.9 Å². The average molecular weight is 240 g/mol. The first-order valence-corrected chi connectivity index (χ1v) is 6.41. The van der Waals surface area contributed by atoms with Crippen molar-refractivity contribution in [1.82, 2.24) is 10.2 Å². The first-order valence-electron chi connectivity index (χ1n) is 5.53. The van der Waals surface area contributed by atoms with Crippen molar-refractivity contribution >= 4 is 17.2 Å². The highest BCUT2D eigenvalue weighted by molar-refractivity contribution is 7.10. The van der Waals surface area contributed by atoms with E-state index >= 15 is 0 Å². The average Bonchev–Trinajstić information content (AvgIpc) is 2.67. The summed E-state index contributed by atoms with van der Waals surface area (Å²) in [7, 11) is 1.98. The second-order valence-electron chi connectivity index (χ2n) is 4.33. The lowest BCUT2D eigenvalue weighted by molar-refractivity contribution is -0.122. The molecule has 1 amide bonds. The van der Waals surface area contributed by atoms with Gasteiger partial charge in [0, 0.05) is 17.0 Å². The van der Waals surface area contributed by atoms with Gasteiger partial charge in [-0.05, 0) is 39.3 Å². The molecule has 0 saturated carbocycles. The van der Waals surface area contributed by atoms with Crippen LogP contribution in [0.15, 0.2) is 17.5 Å². The molecule has 1 aromatic rings. The zero-order chi connectivity index (χ0) is 12.1. The van der Waals surface area contributed by atoms with Gasteiger partial charge in [0.1, 0.15) is 0 Å². The van der Waals surface area contributed by atoms with E-state index in [2.05, 4.69) is 28.6 Å². The van der Waals surface area contributed by atoms with E-state index in [9.17, 15) is 4.79 Å². The van der Waals surface area contributed by atoms with Crippen LogP contribution in [-0.2, 0) is 4.79 Å². The van der Waals surface area contributed by atoms with Crippen molar-refractivity contribution in [3.8, 4) is 0 Å². The molecule has 0 fully saturated rings. The molecule has 1 heterocycles. The highest BCUT2D eigenvalue weighted by atomic mass is 32.1. The molecule has 0 aliphatic heterocycles. The monoisotopic (exact) mass is 240 g/mol. The summed E-state index contributed by atoms with van der Waals surface area (Å²) in [6, 6.07) is 4.64. The lowest BCUT2D eigenvalue weighted by Gasteiger charge is -2.23. The second kappa shape index (κ2) is 6.01. The van der Waals surface area contributed by atoms with E-state index in [-0.39, 0.29) is 18.0 Å². The van der Waals surface area contributed by atoms with Crippen LogP contribution < -0.4 is 5.32 Å². The number of hydrogen-bond acceptors (Lipinski definition) is 3. The van der Waals surface area contributed by atoms with Gasteiger partial charge in [-0.25, -0.2) is 0 Å². The molecule has 90 valence electrons. The topological polar surface area (TPSA) is 32.3 Å². The molecule has 1 N–H and O–H groups in total.